The smallest absolute Gasteiger partial charge is 0.417 e. The Morgan fingerprint density at radius 1 is 1.19 bits per heavy atom. The second kappa shape index (κ2) is 7.78. The number of carboxylic acid groups (broad SMARTS) is 1. The Balaban J connectivity index is 1.72. The van der Waals surface area contributed by atoms with Crippen molar-refractivity contribution in [2.45, 2.75) is 19.1 Å². The lowest BCUT2D eigenvalue weighted by atomic mass is 10.0. The maximum absolute atomic E-state index is 13.1. The molecule has 0 radical (unpaired) electrons. The summed E-state index contributed by atoms with van der Waals surface area (Å²) in [5.41, 5.74) is -0.0970. The van der Waals surface area contributed by atoms with E-state index >= 15 is 0 Å². The van der Waals surface area contributed by atoms with Crippen molar-refractivity contribution in [2.24, 2.45) is 0 Å². The number of carboxylic acids is 1. The topological polar surface area (TPSA) is 97.1 Å². The fraction of sp³-hybridized carbons (Fsp3) is 0.200. The number of rotatable bonds is 4. The lowest BCUT2D eigenvalue weighted by Crippen LogP contribution is -2.25. The summed E-state index contributed by atoms with van der Waals surface area (Å²) < 4.78 is 40.6. The van der Waals surface area contributed by atoms with E-state index in [9.17, 15) is 27.9 Å². The molecule has 1 aliphatic heterocycles. The number of fused-ring (bicyclic) bond motifs is 1. The molecular formula is C20H14ClF3N4O3. The van der Waals surface area contributed by atoms with E-state index in [0.29, 0.717) is 30.9 Å². The summed E-state index contributed by atoms with van der Waals surface area (Å²) in [7, 11) is 0. The van der Waals surface area contributed by atoms with Crippen LogP contribution in [0.2, 0.25) is 5.02 Å². The van der Waals surface area contributed by atoms with Crippen molar-refractivity contribution in [3.63, 3.8) is 0 Å². The van der Waals surface area contributed by atoms with Gasteiger partial charge < -0.3 is 10.4 Å². The van der Waals surface area contributed by atoms with Crippen LogP contribution in [-0.4, -0.2) is 37.9 Å². The van der Waals surface area contributed by atoms with Gasteiger partial charge in [-0.3, -0.25) is 9.36 Å². The maximum Gasteiger partial charge on any atom is 0.417 e. The first kappa shape index (κ1) is 21.0. The van der Waals surface area contributed by atoms with Gasteiger partial charge >= 0.3 is 12.1 Å². The van der Waals surface area contributed by atoms with Gasteiger partial charge in [-0.15, -0.1) is 0 Å². The summed E-state index contributed by atoms with van der Waals surface area (Å²) in [5.74, 6) is -1.93. The molecule has 160 valence electrons. The number of halogens is 4. The molecule has 0 spiro atoms. The standard InChI is InChI=1S/C20H14ClF3N4O3/c21-16-11(2-1-3-12(16)20(22,23)24)17(29)10-4-5-15(26-8-10)28-14-6-7-25-9-13(14)27-18(28)19(30)31/h1-5,8,25H,6-7,9H2,(H,30,31). The average Bonchev–Trinajstić information content (AvgIpc) is 3.13. The second-order valence-corrected chi connectivity index (χ2v) is 7.17. The van der Waals surface area contributed by atoms with Crippen LogP contribution in [0.5, 0.6) is 0 Å². The van der Waals surface area contributed by atoms with Gasteiger partial charge in [-0.1, -0.05) is 17.7 Å². The summed E-state index contributed by atoms with van der Waals surface area (Å²) in [6, 6.07) is 5.89. The molecule has 3 aromatic rings. The van der Waals surface area contributed by atoms with Crippen LogP contribution in [-0.2, 0) is 19.1 Å². The van der Waals surface area contributed by atoms with Crippen LogP contribution in [0, 0.1) is 0 Å². The van der Waals surface area contributed by atoms with E-state index in [1.165, 1.54) is 29.0 Å². The van der Waals surface area contributed by atoms with Crippen molar-refractivity contribution in [3.8, 4) is 5.82 Å². The zero-order valence-corrected chi connectivity index (χ0v) is 16.5. The Morgan fingerprint density at radius 3 is 2.61 bits per heavy atom. The molecule has 0 atom stereocenters. The Hall–Kier alpha value is -3.24. The number of carbonyl (C=O) groups excluding carboxylic acids is 1. The van der Waals surface area contributed by atoms with Crippen LogP contribution in [0.15, 0.2) is 36.5 Å². The summed E-state index contributed by atoms with van der Waals surface area (Å²) in [5, 5.41) is 11.9. The molecule has 2 N–H and O–H groups in total. The summed E-state index contributed by atoms with van der Waals surface area (Å²) in [4.78, 5) is 32.7. The number of aromatic nitrogens is 3. The number of aromatic carboxylic acids is 1. The molecule has 0 unspecified atom stereocenters. The number of nitrogens with zero attached hydrogens (tertiary/aromatic N) is 3. The van der Waals surface area contributed by atoms with Gasteiger partial charge in [-0.25, -0.2) is 14.8 Å². The van der Waals surface area contributed by atoms with Crippen LogP contribution in [0.25, 0.3) is 5.82 Å². The highest BCUT2D eigenvalue weighted by molar-refractivity contribution is 6.35. The first-order valence-corrected chi connectivity index (χ1v) is 9.47. The van der Waals surface area contributed by atoms with E-state index in [1.54, 1.807) is 0 Å². The first-order valence-electron chi connectivity index (χ1n) is 9.10. The molecule has 0 saturated carbocycles. The van der Waals surface area contributed by atoms with Gasteiger partial charge in [0.1, 0.15) is 5.82 Å². The van der Waals surface area contributed by atoms with Gasteiger partial charge in [0, 0.05) is 36.8 Å². The highest BCUT2D eigenvalue weighted by Crippen LogP contribution is 2.36. The number of ketones is 1. The molecule has 31 heavy (non-hydrogen) atoms. The lowest BCUT2D eigenvalue weighted by molar-refractivity contribution is -0.137. The van der Waals surface area contributed by atoms with Gasteiger partial charge in [0.05, 0.1) is 22.0 Å². The molecule has 0 bridgehead atoms. The van der Waals surface area contributed by atoms with E-state index in [-0.39, 0.29) is 22.8 Å². The van der Waals surface area contributed by atoms with Crippen LogP contribution < -0.4 is 5.32 Å². The summed E-state index contributed by atoms with van der Waals surface area (Å²) in [6.07, 6.45) is -2.98. The number of nitrogens with one attached hydrogen (secondary N) is 1. The van der Waals surface area contributed by atoms with Crippen molar-refractivity contribution < 1.29 is 27.9 Å². The SMILES string of the molecule is O=C(c1ccc(-n2c(C(=O)O)nc3c2CCNC3)nc1)c1cccc(C(F)(F)F)c1Cl. The molecule has 3 heterocycles. The number of pyridine rings is 1. The fourth-order valence-corrected chi connectivity index (χ4v) is 3.75. The predicted molar refractivity (Wildman–Crippen MR) is 104 cm³/mol. The molecule has 2 aromatic heterocycles. The minimum Gasteiger partial charge on any atom is -0.475 e. The van der Waals surface area contributed by atoms with Gasteiger partial charge in [-0.05, 0) is 24.3 Å². The number of carbonyl (C=O) groups is 2. The van der Waals surface area contributed by atoms with E-state index < -0.39 is 28.5 Å². The summed E-state index contributed by atoms with van der Waals surface area (Å²) >= 11 is 5.84. The third-order valence-corrected chi connectivity index (χ3v) is 5.27. The van der Waals surface area contributed by atoms with Crippen molar-refractivity contribution in [2.75, 3.05) is 6.54 Å². The number of alkyl halides is 3. The second-order valence-electron chi connectivity index (χ2n) is 6.80. The fourth-order valence-electron chi connectivity index (χ4n) is 3.44. The highest BCUT2D eigenvalue weighted by atomic mass is 35.5. The minimum atomic E-state index is -4.70. The van der Waals surface area contributed by atoms with E-state index in [1.807, 2.05) is 0 Å². The van der Waals surface area contributed by atoms with Crippen LogP contribution in [0.3, 0.4) is 0 Å². The lowest BCUT2D eigenvalue weighted by Gasteiger charge is -2.15. The normalized spacial score (nSPS) is 13.7. The molecule has 7 nitrogen and oxygen atoms in total. The molecule has 0 amide bonds. The number of benzene rings is 1. The minimum absolute atomic E-state index is 0.0116. The van der Waals surface area contributed by atoms with Crippen molar-refractivity contribution >= 4 is 23.4 Å². The predicted octanol–water partition coefficient (Wildman–Crippen LogP) is 3.51. The van der Waals surface area contributed by atoms with E-state index in [0.717, 1.165) is 12.1 Å². The molecule has 4 rings (SSSR count). The Labute approximate surface area is 178 Å². The van der Waals surface area contributed by atoms with Crippen molar-refractivity contribution in [1.29, 1.82) is 0 Å². The number of hydrogen-bond acceptors (Lipinski definition) is 5. The molecular weight excluding hydrogens is 437 g/mol. The van der Waals surface area contributed by atoms with Crippen LogP contribution in [0.1, 0.15) is 43.5 Å². The summed E-state index contributed by atoms with van der Waals surface area (Å²) in [6.45, 7) is 1.07. The van der Waals surface area contributed by atoms with Crippen LogP contribution >= 0.6 is 11.6 Å². The number of hydrogen-bond donors (Lipinski definition) is 2. The molecule has 1 aromatic carbocycles. The van der Waals surface area contributed by atoms with Crippen molar-refractivity contribution in [1.82, 2.24) is 19.9 Å². The number of imidazole rings is 1. The van der Waals surface area contributed by atoms with Gasteiger partial charge in [0.15, 0.2) is 5.78 Å². The molecule has 1 aliphatic rings. The molecule has 0 saturated heterocycles. The van der Waals surface area contributed by atoms with Gasteiger partial charge in [-0.2, -0.15) is 13.2 Å². The van der Waals surface area contributed by atoms with Crippen molar-refractivity contribution in [3.05, 3.63) is 75.5 Å². The van der Waals surface area contributed by atoms with E-state index in [2.05, 4.69) is 15.3 Å². The van der Waals surface area contributed by atoms with Gasteiger partial charge in [0.25, 0.3) is 0 Å². The Morgan fingerprint density at radius 2 is 1.97 bits per heavy atom. The maximum atomic E-state index is 13.1. The Bertz CT molecular complexity index is 1190. The third-order valence-electron chi connectivity index (χ3n) is 4.87. The molecule has 11 heteroatoms. The van der Waals surface area contributed by atoms with E-state index in [4.69, 9.17) is 11.6 Å². The highest BCUT2D eigenvalue weighted by Gasteiger charge is 2.35. The quantitative estimate of drug-likeness (QED) is 0.590. The van der Waals surface area contributed by atoms with Gasteiger partial charge in [0.2, 0.25) is 5.82 Å². The zero-order valence-electron chi connectivity index (χ0n) is 15.7. The largest absolute Gasteiger partial charge is 0.475 e. The monoisotopic (exact) mass is 450 g/mol. The average molecular weight is 451 g/mol. The Kier molecular flexibility index (Phi) is 5.28. The molecule has 0 aliphatic carbocycles. The first-order chi connectivity index (χ1) is 14.7. The third kappa shape index (κ3) is 3.79. The molecule has 0 fully saturated rings. The van der Waals surface area contributed by atoms with Crippen LogP contribution in [0.4, 0.5) is 13.2 Å². The zero-order chi connectivity index (χ0) is 22.3.